The fourth-order valence-electron chi connectivity index (χ4n) is 2.56. The van der Waals surface area contributed by atoms with E-state index in [1.54, 1.807) is 44.2 Å². The van der Waals surface area contributed by atoms with Gasteiger partial charge in [0, 0.05) is 11.6 Å². The fraction of sp³-hybridized carbons (Fsp3) is 0.143. The maximum Gasteiger partial charge on any atom is 0.350 e. The Morgan fingerprint density at radius 1 is 1.28 bits per heavy atom. The highest BCUT2D eigenvalue weighted by molar-refractivity contribution is 7.80. The number of nitrogens with zero attached hydrogens (tertiary/aromatic N) is 1. The number of amides is 1. The first kappa shape index (κ1) is 23.9. The number of furan rings is 1. The molecule has 0 saturated heterocycles. The lowest BCUT2D eigenvalue weighted by Gasteiger charge is -2.04. The number of thiazole rings is 1. The van der Waals surface area contributed by atoms with Crippen LogP contribution in [-0.4, -0.2) is 28.6 Å². The van der Waals surface area contributed by atoms with Crippen molar-refractivity contribution in [3.63, 3.8) is 0 Å². The standard InChI is InChI=1S/C21H17Cl2N3O4S2/c1-3-29-19(28)18-11(2)24-21(32-18)26-20(31)25-16(27)10-8-12-7-9-15(30-12)13-5-4-6-14(22)17(13)23/h4-10H,3H2,1-2H3,(H2,24,25,26,27,31)/b10-8+. The van der Waals surface area contributed by atoms with Gasteiger partial charge in [0.25, 0.3) is 0 Å². The highest BCUT2D eigenvalue weighted by Gasteiger charge is 2.17. The molecule has 0 unspecified atom stereocenters. The topological polar surface area (TPSA) is 93.5 Å². The molecule has 32 heavy (non-hydrogen) atoms. The first-order valence-corrected chi connectivity index (χ1v) is 11.3. The van der Waals surface area contributed by atoms with Gasteiger partial charge in [0.1, 0.15) is 16.4 Å². The van der Waals surface area contributed by atoms with E-state index < -0.39 is 11.9 Å². The van der Waals surface area contributed by atoms with Crippen LogP contribution in [0, 0.1) is 6.92 Å². The van der Waals surface area contributed by atoms with Crippen molar-refractivity contribution in [3.05, 3.63) is 62.8 Å². The molecule has 0 atom stereocenters. The highest BCUT2D eigenvalue weighted by Crippen LogP contribution is 2.34. The van der Waals surface area contributed by atoms with Gasteiger partial charge in [-0.15, -0.1) is 0 Å². The van der Waals surface area contributed by atoms with Crippen LogP contribution < -0.4 is 10.6 Å². The third kappa shape index (κ3) is 5.95. The Bertz CT molecular complexity index is 1200. The Balaban J connectivity index is 1.58. The minimum absolute atomic E-state index is 0.0367. The summed E-state index contributed by atoms with van der Waals surface area (Å²) in [5, 5.41) is 6.49. The predicted molar refractivity (Wildman–Crippen MR) is 130 cm³/mol. The fourth-order valence-corrected chi connectivity index (χ4v) is 4.08. The van der Waals surface area contributed by atoms with Gasteiger partial charge in [0.2, 0.25) is 5.91 Å². The zero-order chi connectivity index (χ0) is 23.3. The smallest absolute Gasteiger partial charge is 0.350 e. The largest absolute Gasteiger partial charge is 0.462 e. The number of halogens is 2. The van der Waals surface area contributed by atoms with Crippen LogP contribution >= 0.6 is 46.8 Å². The van der Waals surface area contributed by atoms with Gasteiger partial charge in [-0.1, -0.05) is 40.6 Å². The van der Waals surface area contributed by atoms with Crippen LogP contribution in [0.1, 0.15) is 28.0 Å². The van der Waals surface area contributed by atoms with E-state index in [1.807, 2.05) is 0 Å². The Morgan fingerprint density at radius 2 is 2.06 bits per heavy atom. The van der Waals surface area contributed by atoms with E-state index in [9.17, 15) is 9.59 Å². The van der Waals surface area contributed by atoms with Crippen molar-refractivity contribution in [1.82, 2.24) is 10.3 Å². The average molecular weight is 510 g/mol. The van der Waals surface area contributed by atoms with Gasteiger partial charge < -0.3 is 14.5 Å². The van der Waals surface area contributed by atoms with Gasteiger partial charge in [0.15, 0.2) is 10.2 Å². The first-order chi connectivity index (χ1) is 15.3. The van der Waals surface area contributed by atoms with Gasteiger partial charge >= 0.3 is 5.97 Å². The number of hydrogen-bond acceptors (Lipinski definition) is 7. The van der Waals surface area contributed by atoms with Crippen LogP contribution in [0.4, 0.5) is 5.13 Å². The average Bonchev–Trinajstić information content (AvgIpc) is 3.35. The van der Waals surface area contributed by atoms with Crippen molar-refractivity contribution in [2.45, 2.75) is 13.8 Å². The molecule has 3 aromatic rings. The van der Waals surface area contributed by atoms with E-state index in [0.29, 0.717) is 42.8 Å². The van der Waals surface area contributed by atoms with Crippen LogP contribution in [0.2, 0.25) is 10.0 Å². The molecule has 7 nitrogen and oxygen atoms in total. The monoisotopic (exact) mass is 509 g/mol. The Morgan fingerprint density at radius 3 is 2.81 bits per heavy atom. The van der Waals surface area contributed by atoms with Crippen molar-refractivity contribution in [2.75, 3.05) is 11.9 Å². The molecule has 0 radical (unpaired) electrons. The molecule has 0 spiro atoms. The summed E-state index contributed by atoms with van der Waals surface area (Å²) in [4.78, 5) is 28.6. The molecule has 1 aromatic carbocycles. The second kappa shape index (κ2) is 10.7. The lowest BCUT2D eigenvalue weighted by molar-refractivity contribution is -0.115. The summed E-state index contributed by atoms with van der Waals surface area (Å²) >= 11 is 18.5. The number of rotatable bonds is 6. The molecular formula is C21H17Cl2N3O4S2. The number of thiocarbonyl (C=S) groups is 1. The lowest BCUT2D eigenvalue weighted by atomic mass is 10.2. The molecule has 2 heterocycles. The Kier molecular flexibility index (Phi) is 8.03. The first-order valence-electron chi connectivity index (χ1n) is 9.27. The highest BCUT2D eigenvalue weighted by atomic mass is 35.5. The molecule has 2 aromatic heterocycles. The van der Waals surface area contributed by atoms with E-state index in [1.165, 1.54) is 12.2 Å². The van der Waals surface area contributed by atoms with Crippen LogP contribution in [0.5, 0.6) is 0 Å². The second-order valence-corrected chi connectivity index (χ2v) is 8.43. The Hall–Kier alpha value is -2.72. The number of carbonyl (C=O) groups excluding carboxylic acids is 2. The maximum absolute atomic E-state index is 12.2. The minimum Gasteiger partial charge on any atom is -0.462 e. The molecule has 0 aliphatic carbocycles. The van der Waals surface area contributed by atoms with E-state index in [2.05, 4.69) is 15.6 Å². The minimum atomic E-state index is -0.472. The SMILES string of the molecule is CCOC(=O)c1sc(NC(=S)NC(=O)/C=C/c2ccc(-c3cccc(Cl)c3Cl)o2)nc1C. The maximum atomic E-state index is 12.2. The number of aromatic nitrogens is 1. The summed E-state index contributed by atoms with van der Waals surface area (Å²) in [7, 11) is 0. The van der Waals surface area contributed by atoms with Gasteiger partial charge in [-0.2, -0.15) is 0 Å². The van der Waals surface area contributed by atoms with Crippen LogP contribution in [0.15, 0.2) is 40.8 Å². The second-order valence-electron chi connectivity index (χ2n) is 6.23. The summed E-state index contributed by atoms with van der Waals surface area (Å²) in [5.74, 6) is 0.0384. The Labute approximate surface area is 203 Å². The number of aryl methyl sites for hydroxylation is 1. The molecule has 1 amide bonds. The molecule has 166 valence electrons. The molecule has 0 saturated carbocycles. The molecular weight excluding hydrogens is 493 g/mol. The van der Waals surface area contributed by atoms with Gasteiger partial charge in [-0.05, 0) is 56.4 Å². The quantitative estimate of drug-likeness (QED) is 0.249. The van der Waals surface area contributed by atoms with E-state index in [0.717, 1.165) is 11.3 Å². The molecule has 11 heteroatoms. The predicted octanol–water partition coefficient (Wildman–Crippen LogP) is 5.72. The number of benzene rings is 1. The van der Waals surface area contributed by atoms with Crippen LogP contribution in [-0.2, 0) is 9.53 Å². The number of ether oxygens (including phenoxy) is 1. The number of carbonyl (C=O) groups is 2. The van der Waals surface area contributed by atoms with Crippen molar-refractivity contribution in [3.8, 4) is 11.3 Å². The summed E-state index contributed by atoms with van der Waals surface area (Å²) in [6.07, 6.45) is 2.76. The summed E-state index contributed by atoms with van der Waals surface area (Å²) in [5.41, 5.74) is 1.16. The number of nitrogens with one attached hydrogen (secondary N) is 2. The summed E-state index contributed by atoms with van der Waals surface area (Å²) in [6.45, 7) is 3.68. The number of hydrogen-bond donors (Lipinski definition) is 2. The third-order valence-corrected chi connectivity index (χ3v) is 6.03. The lowest BCUT2D eigenvalue weighted by Crippen LogP contribution is -2.32. The van der Waals surface area contributed by atoms with Gasteiger partial charge in [-0.3, -0.25) is 10.1 Å². The molecule has 3 rings (SSSR count). The molecule has 0 bridgehead atoms. The van der Waals surface area contributed by atoms with Crippen LogP contribution in [0.3, 0.4) is 0 Å². The van der Waals surface area contributed by atoms with Crippen molar-refractivity contribution < 1.29 is 18.7 Å². The molecule has 0 aliphatic heterocycles. The molecule has 2 N–H and O–H groups in total. The number of esters is 1. The summed E-state index contributed by atoms with van der Waals surface area (Å²) in [6, 6.07) is 8.66. The van der Waals surface area contributed by atoms with Crippen molar-refractivity contribution in [2.24, 2.45) is 0 Å². The zero-order valence-electron chi connectivity index (χ0n) is 16.9. The number of anilines is 1. The third-order valence-electron chi connectivity index (χ3n) is 3.96. The molecule has 0 aliphatic rings. The normalized spacial score (nSPS) is 10.9. The summed E-state index contributed by atoms with van der Waals surface area (Å²) < 4.78 is 10.7. The van der Waals surface area contributed by atoms with Crippen molar-refractivity contribution in [1.29, 1.82) is 0 Å². The van der Waals surface area contributed by atoms with E-state index in [4.69, 9.17) is 44.6 Å². The van der Waals surface area contributed by atoms with Gasteiger partial charge in [0.05, 0.1) is 22.3 Å². The van der Waals surface area contributed by atoms with Crippen LogP contribution in [0.25, 0.3) is 17.4 Å². The zero-order valence-corrected chi connectivity index (χ0v) is 20.0. The van der Waals surface area contributed by atoms with E-state index in [-0.39, 0.29) is 11.7 Å². The molecule has 0 fully saturated rings. The van der Waals surface area contributed by atoms with Crippen molar-refractivity contribution >= 4 is 75.0 Å². The van der Waals surface area contributed by atoms with Gasteiger partial charge in [-0.25, -0.2) is 9.78 Å². The van der Waals surface area contributed by atoms with E-state index >= 15 is 0 Å².